The largest absolute Gasteiger partial charge is 0.379 e. The summed E-state index contributed by atoms with van der Waals surface area (Å²) in [5, 5.41) is 22.0. The number of rotatable bonds is 6. The normalized spacial score (nSPS) is 16.2. The molecule has 1 atom stereocenters. The zero-order valence-electron chi connectivity index (χ0n) is 20.5. The van der Waals surface area contributed by atoms with Crippen LogP contribution >= 0.6 is 11.3 Å². The van der Waals surface area contributed by atoms with Gasteiger partial charge in [-0.15, -0.1) is 11.3 Å². The van der Waals surface area contributed by atoms with Crippen molar-refractivity contribution < 1.29 is 9.90 Å². The Labute approximate surface area is 215 Å². The molecule has 1 unspecified atom stereocenters. The Bertz CT molecular complexity index is 1670. The topological polar surface area (TPSA) is 137 Å². The molecule has 1 amide bonds. The number of piperazine rings is 1. The molecule has 192 valence electrons. The minimum absolute atomic E-state index is 0.245. The van der Waals surface area contributed by atoms with E-state index in [4.69, 9.17) is 0 Å². The van der Waals surface area contributed by atoms with Crippen molar-refractivity contribution >= 4 is 44.0 Å². The fourth-order valence-electron chi connectivity index (χ4n) is 4.75. The fourth-order valence-corrected chi connectivity index (χ4v) is 5.81. The third-order valence-corrected chi connectivity index (χ3v) is 7.95. The van der Waals surface area contributed by atoms with Crippen molar-refractivity contribution in [3.8, 4) is 10.4 Å². The Kier molecular flexibility index (Phi) is 5.99. The zero-order chi connectivity index (χ0) is 25.7. The van der Waals surface area contributed by atoms with Crippen LogP contribution < -0.4 is 10.9 Å². The van der Waals surface area contributed by atoms with Gasteiger partial charge in [0.2, 0.25) is 0 Å². The third kappa shape index (κ3) is 4.39. The number of nitrogens with zero attached hydrogens (tertiary/aromatic N) is 7. The summed E-state index contributed by atoms with van der Waals surface area (Å²) in [7, 11) is 1.86. The summed E-state index contributed by atoms with van der Waals surface area (Å²) >= 11 is 1.47. The maximum absolute atomic E-state index is 13.0. The molecule has 1 fully saturated rings. The van der Waals surface area contributed by atoms with Crippen LogP contribution in [0.1, 0.15) is 17.3 Å². The van der Waals surface area contributed by atoms with Crippen LogP contribution in [-0.2, 0) is 7.05 Å². The number of aryl methyl sites for hydroxylation is 1. The number of aromatic nitrogens is 6. The first-order chi connectivity index (χ1) is 17.9. The highest BCUT2D eigenvalue weighted by atomic mass is 32.1. The van der Waals surface area contributed by atoms with E-state index in [-0.39, 0.29) is 11.5 Å². The van der Waals surface area contributed by atoms with Gasteiger partial charge in [-0.05, 0) is 13.0 Å². The Morgan fingerprint density at radius 1 is 1.22 bits per heavy atom. The zero-order valence-corrected chi connectivity index (χ0v) is 21.3. The number of thiazole rings is 1. The van der Waals surface area contributed by atoms with Crippen molar-refractivity contribution in [3.63, 3.8) is 0 Å². The second-order valence-electron chi connectivity index (χ2n) is 9.31. The predicted molar refractivity (Wildman–Crippen MR) is 141 cm³/mol. The van der Waals surface area contributed by atoms with E-state index in [1.54, 1.807) is 28.4 Å². The molecule has 37 heavy (non-hydrogen) atoms. The van der Waals surface area contributed by atoms with E-state index in [9.17, 15) is 14.7 Å². The minimum Gasteiger partial charge on any atom is -0.379 e. The number of H-pyrrole nitrogens is 1. The lowest BCUT2D eigenvalue weighted by atomic mass is 10.2. The fraction of sp³-hybridized carbons (Fsp3) is 0.375. The second-order valence-corrected chi connectivity index (χ2v) is 10.3. The highest BCUT2D eigenvalue weighted by Gasteiger charge is 2.21. The van der Waals surface area contributed by atoms with E-state index in [1.165, 1.54) is 17.5 Å². The van der Waals surface area contributed by atoms with Gasteiger partial charge < -0.3 is 15.4 Å². The third-order valence-electron chi connectivity index (χ3n) is 6.80. The van der Waals surface area contributed by atoms with Crippen molar-refractivity contribution in [2.45, 2.75) is 13.2 Å². The number of carbonyl (C=O) groups excluding carboxylic acids is 1. The smallest absolute Gasteiger partial charge is 0.261 e. The summed E-state index contributed by atoms with van der Waals surface area (Å²) in [5.41, 5.74) is 2.58. The molecule has 1 aliphatic rings. The van der Waals surface area contributed by atoms with Gasteiger partial charge in [0.25, 0.3) is 11.5 Å². The highest BCUT2D eigenvalue weighted by Crippen LogP contribution is 2.32. The van der Waals surface area contributed by atoms with Gasteiger partial charge in [0, 0.05) is 70.5 Å². The summed E-state index contributed by atoms with van der Waals surface area (Å²) < 4.78 is 3.43. The summed E-state index contributed by atoms with van der Waals surface area (Å²) in [6, 6.07) is 1.65. The standard InChI is InChI=1S/C24H27N9O3S/c1-14(34)32-7-5-31(6-8-32)4-3-25-22(35)15-9-17-20(26-10-15)21-19(23(36)28-17)24-33(29-21)13-18(37-24)16-11-27-30(2)12-16/h9-14,34H,3-8H2,1-2H3,(H,25,35)(H,28,36). The molecule has 0 saturated carbocycles. The number of hydrogen-bond donors (Lipinski definition) is 3. The maximum atomic E-state index is 13.0. The average Bonchev–Trinajstić information content (AvgIpc) is 3.58. The minimum atomic E-state index is -0.433. The van der Waals surface area contributed by atoms with E-state index >= 15 is 0 Å². The quantitative estimate of drug-likeness (QED) is 0.300. The molecule has 1 aliphatic heterocycles. The number of aromatic amines is 1. The summed E-state index contributed by atoms with van der Waals surface area (Å²) in [6.07, 6.45) is 6.66. The van der Waals surface area contributed by atoms with E-state index in [0.717, 1.165) is 48.0 Å². The predicted octanol–water partition coefficient (Wildman–Crippen LogP) is 0.872. The van der Waals surface area contributed by atoms with E-state index < -0.39 is 6.23 Å². The first kappa shape index (κ1) is 23.7. The summed E-state index contributed by atoms with van der Waals surface area (Å²) in [6.45, 7) is 6.31. The molecule has 6 heterocycles. The monoisotopic (exact) mass is 521 g/mol. The van der Waals surface area contributed by atoms with Crippen molar-refractivity contribution in [2.24, 2.45) is 7.05 Å². The molecule has 0 aliphatic carbocycles. The molecule has 1 saturated heterocycles. The molecule has 0 bridgehead atoms. The molecule has 3 N–H and O–H groups in total. The molecule has 0 aromatic carbocycles. The molecule has 6 rings (SSSR count). The van der Waals surface area contributed by atoms with Gasteiger partial charge in [-0.1, -0.05) is 0 Å². The lowest BCUT2D eigenvalue weighted by Gasteiger charge is -2.36. The van der Waals surface area contributed by atoms with Crippen LogP contribution in [0.4, 0.5) is 0 Å². The van der Waals surface area contributed by atoms with Gasteiger partial charge >= 0.3 is 0 Å². The Morgan fingerprint density at radius 2 is 2.03 bits per heavy atom. The number of fused-ring (bicyclic) bond motifs is 5. The molecule has 5 aromatic heterocycles. The Balaban J connectivity index is 1.20. The summed E-state index contributed by atoms with van der Waals surface area (Å²) in [5.74, 6) is -0.245. The molecule has 0 radical (unpaired) electrons. The first-order valence-electron chi connectivity index (χ1n) is 12.1. The van der Waals surface area contributed by atoms with Crippen LogP contribution in [0.3, 0.4) is 0 Å². The number of aliphatic hydroxyl groups is 1. The number of aliphatic hydroxyl groups excluding tert-OH is 1. The number of pyridine rings is 2. The van der Waals surface area contributed by atoms with E-state index in [1.807, 2.05) is 24.3 Å². The molecular formula is C24H27N9O3S. The lowest BCUT2D eigenvalue weighted by Crippen LogP contribution is -2.50. The number of nitrogens with one attached hydrogen (secondary N) is 2. The van der Waals surface area contributed by atoms with Crippen molar-refractivity contribution in [1.29, 1.82) is 0 Å². The Hall–Kier alpha value is -3.65. The van der Waals surface area contributed by atoms with Crippen LogP contribution in [0.15, 0.2) is 35.6 Å². The summed E-state index contributed by atoms with van der Waals surface area (Å²) in [4.78, 5) is 39.2. The van der Waals surface area contributed by atoms with E-state index in [0.29, 0.717) is 34.0 Å². The van der Waals surface area contributed by atoms with Crippen LogP contribution in [0.25, 0.3) is 37.2 Å². The van der Waals surface area contributed by atoms with Crippen LogP contribution in [0.2, 0.25) is 0 Å². The SMILES string of the molecule is CC(O)N1CCN(CCNC(=O)c2cnc3c(c2)[nH]c(=O)c2c3nn3cc(-c4cnn(C)c4)sc23)CC1. The average molecular weight is 522 g/mol. The molecule has 0 spiro atoms. The van der Waals surface area contributed by atoms with Crippen molar-refractivity contribution in [2.75, 3.05) is 39.3 Å². The highest BCUT2D eigenvalue weighted by molar-refractivity contribution is 7.21. The number of carbonyl (C=O) groups is 1. The van der Waals surface area contributed by atoms with Crippen LogP contribution in [0.5, 0.6) is 0 Å². The van der Waals surface area contributed by atoms with Gasteiger partial charge in [-0.25, -0.2) is 4.52 Å². The van der Waals surface area contributed by atoms with Gasteiger partial charge in [0.15, 0.2) is 0 Å². The molecule has 5 aromatic rings. The van der Waals surface area contributed by atoms with Crippen LogP contribution in [0, 0.1) is 0 Å². The number of hydrogen-bond acceptors (Lipinski definition) is 9. The van der Waals surface area contributed by atoms with Crippen LogP contribution in [-0.4, -0.2) is 95.7 Å². The van der Waals surface area contributed by atoms with Gasteiger partial charge in [0.05, 0.1) is 22.2 Å². The van der Waals surface area contributed by atoms with Gasteiger partial charge in [0.1, 0.15) is 27.5 Å². The molecule has 13 heteroatoms. The van der Waals surface area contributed by atoms with E-state index in [2.05, 4.69) is 30.4 Å². The maximum Gasteiger partial charge on any atom is 0.261 e. The van der Waals surface area contributed by atoms with Crippen molar-refractivity contribution in [1.82, 2.24) is 44.5 Å². The Morgan fingerprint density at radius 3 is 2.76 bits per heavy atom. The molecular weight excluding hydrogens is 494 g/mol. The first-order valence-corrected chi connectivity index (χ1v) is 12.9. The van der Waals surface area contributed by atoms with Crippen molar-refractivity contribution in [3.05, 3.63) is 46.8 Å². The van der Waals surface area contributed by atoms with Gasteiger partial charge in [-0.2, -0.15) is 10.2 Å². The van der Waals surface area contributed by atoms with Gasteiger partial charge in [-0.3, -0.25) is 29.1 Å². The second kappa shape index (κ2) is 9.34. The number of amides is 1. The lowest BCUT2D eigenvalue weighted by molar-refractivity contribution is -0.0123. The molecule has 12 nitrogen and oxygen atoms in total.